The van der Waals surface area contributed by atoms with Crippen LogP contribution >= 0.6 is 24.2 Å². The van der Waals surface area contributed by atoms with Crippen LogP contribution in [0, 0.1) is 0 Å². The van der Waals surface area contributed by atoms with Crippen LogP contribution < -0.4 is 5.14 Å². The minimum absolute atomic E-state index is 0.0268. The number of hydrogen-bond donors (Lipinski definition) is 1. The van der Waals surface area contributed by atoms with E-state index in [1.807, 2.05) is 0 Å². The SMILES string of the molecule is NS(=O)(=O)c1ccc([S])c(Cl)c1. The molecule has 12 heavy (non-hydrogen) atoms. The maximum Gasteiger partial charge on any atom is 0.238 e. The zero-order valence-corrected chi connectivity index (χ0v) is 8.21. The van der Waals surface area contributed by atoms with Crippen molar-refractivity contribution < 1.29 is 8.42 Å². The summed E-state index contributed by atoms with van der Waals surface area (Å²) in [5.74, 6) is 0. The molecule has 1 aromatic carbocycles. The third-order valence-electron chi connectivity index (χ3n) is 1.23. The second-order valence-electron chi connectivity index (χ2n) is 2.14. The van der Waals surface area contributed by atoms with E-state index in [0.29, 0.717) is 4.90 Å². The second kappa shape index (κ2) is 3.18. The van der Waals surface area contributed by atoms with Crippen molar-refractivity contribution in [1.29, 1.82) is 0 Å². The Morgan fingerprint density at radius 3 is 2.42 bits per heavy atom. The fraction of sp³-hybridized carbons (Fsp3) is 0. The fourth-order valence-electron chi connectivity index (χ4n) is 0.659. The van der Waals surface area contributed by atoms with E-state index in [4.69, 9.17) is 29.4 Å². The van der Waals surface area contributed by atoms with Crippen LogP contribution in [0.3, 0.4) is 0 Å². The largest absolute Gasteiger partial charge is 0.238 e. The maximum atomic E-state index is 10.8. The van der Waals surface area contributed by atoms with Gasteiger partial charge >= 0.3 is 0 Å². The van der Waals surface area contributed by atoms with Crippen LogP contribution in [0.15, 0.2) is 28.0 Å². The summed E-state index contributed by atoms with van der Waals surface area (Å²) >= 11 is 10.4. The molecule has 0 saturated carbocycles. The summed E-state index contributed by atoms with van der Waals surface area (Å²) in [6.45, 7) is 0. The maximum absolute atomic E-state index is 10.8. The zero-order chi connectivity index (χ0) is 9.35. The highest BCUT2D eigenvalue weighted by molar-refractivity contribution is 7.89. The molecule has 0 aromatic heterocycles. The Balaban J connectivity index is 3.33. The van der Waals surface area contributed by atoms with E-state index >= 15 is 0 Å². The summed E-state index contributed by atoms with van der Waals surface area (Å²) in [7, 11) is -3.67. The number of primary sulfonamides is 1. The molecular formula is C6H5ClNO2S2. The van der Waals surface area contributed by atoms with E-state index in [9.17, 15) is 8.42 Å². The summed E-state index contributed by atoms with van der Waals surface area (Å²) in [4.78, 5) is 0.380. The van der Waals surface area contributed by atoms with Crippen molar-refractivity contribution in [2.75, 3.05) is 0 Å². The smallest absolute Gasteiger partial charge is 0.225 e. The fourth-order valence-corrected chi connectivity index (χ4v) is 1.57. The Morgan fingerprint density at radius 2 is 2.00 bits per heavy atom. The highest BCUT2D eigenvalue weighted by Gasteiger charge is 2.08. The quantitative estimate of drug-likeness (QED) is 0.784. The van der Waals surface area contributed by atoms with Crippen molar-refractivity contribution in [3.63, 3.8) is 0 Å². The molecule has 2 N–H and O–H groups in total. The van der Waals surface area contributed by atoms with Gasteiger partial charge in [0.1, 0.15) is 0 Å². The molecule has 0 spiro atoms. The Labute approximate surface area is 81.0 Å². The van der Waals surface area contributed by atoms with E-state index in [0.717, 1.165) is 0 Å². The average Bonchev–Trinajstić information content (AvgIpc) is 1.92. The lowest BCUT2D eigenvalue weighted by Gasteiger charge is -1.99. The van der Waals surface area contributed by atoms with E-state index in [-0.39, 0.29) is 9.92 Å². The summed E-state index contributed by atoms with van der Waals surface area (Å²) in [5, 5.41) is 5.07. The van der Waals surface area contributed by atoms with Gasteiger partial charge in [0.05, 0.1) is 14.8 Å². The van der Waals surface area contributed by atoms with Crippen molar-refractivity contribution in [2.24, 2.45) is 5.14 Å². The van der Waals surface area contributed by atoms with E-state index in [2.05, 4.69) is 0 Å². The molecular weight excluding hydrogens is 218 g/mol. The molecule has 1 radical (unpaired) electrons. The number of nitrogens with two attached hydrogens (primary N) is 1. The van der Waals surface area contributed by atoms with Crippen molar-refractivity contribution >= 4 is 34.3 Å². The van der Waals surface area contributed by atoms with Crippen molar-refractivity contribution in [3.8, 4) is 0 Å². The van der Waals surface area contributed by atoms with Crippen LogP contribution in [-0.2, 0) is 10.0 Å². The molecule has 65 valence electrons. The van der Waals surface area contributed by atoms with Crippen LogP contribution in [0.4, 0.5) is 0 Å². The monoisotopic (exact) mass is 222 g/mol. The summed E-state index contributed by atoms with van der Waals surface area (Å²) in [6.07, 6.45) is 0. The molecule has 0 atom stereocenters. The molecule has 3 nitrogen and oxygen atoms in total. The average molecular weight is 223 g/mol. The molecule has 0 aliphatic rings. The normalized spacial score (nSPS) is 11.5. The third-order valence-corrected chi connectivity index (χ3v) is 2.92. The Hall–Kier alpha value is -0.360. The number of benzene rings is 1. The summed E-state index contributed by atoms with van der Waals surface area (Å²) < 4.78 is 21.6. The lowest BCUT2D eigenvalue weighted by Crippen LogP contribution is -2.11. The van der Waals surface area contributed by atoms with Gasteiger partial charge in [0.15, 0.2) is 0 Å². The van der Waals surface area contributed by atoms with Crippen LogP contribution in [0.1, 0.15) is 0 Å². The lowest BCUT2D eigenvalue weighted by molar-refractivity contribution is 0.597. The topological polar surface area (TPSA) is 60.2 Å². The Morgan fingerprint density at radius 1 is 1.42 bits per heavy atom. The van der Waals surface area contributed by atoms with Crippen molar-refractivity contribution in [2.45, 2.75) is 9.79 Å². The molecule has 0 bridgehead atoms. The first-order valence-electron chi connectivity index (χ1n) is 2.90. The summed E-state index contributed by atoms with van der Waals surface area (Å²) in [5.41, 5.74) is 0. The predicted octanol–water partition coefficient (Wildman–Crippen LogP) is 1.54. The third kappa shape index (κ3) is 2.07. The Kier molecular flexibility index (Phi) is 2.58. The van der Waals surface area contributed by atoms with Gasteiger partial charge in [-0.3, -0.25) is 0 Å². The van der Waals surface area contributed by atoms with Gasteiger partial charge < -0.3 is 0 Å². The van der Waals surface area contributed by atoms with Crippen molar-refractivity contribution in [1.82, 2.24) is 0 Å². The van der Waals surface area contributed by atoms with Crippen LogP contribution in [0.25, 0.3) is 0 Å². The van der Waals surface area contributed by atoms with Gasteiger partial charge in [-0.05, 0) is 18.2 Å². The van der Waals surface area contributed by atoms with Crippen LogP contribution in [0.5, 0.6) is 0 Å². The van der Waals surface area contributed by atoms with Gasteiger partial charge in [-0.15, -0.1) is 0 Å². The molecule has 0 unspecified atom stereocenters. The number of hydrogen-bond acceptors (Lipinski definition) is 2. The molecule has 1 rings (SSSR count). The first-order chi connectivity index (χ1) is 5.41. The molecule has 0 saturated heterocycles. The number of rotatable bonds is 1. The van der Waals surface area contributed by atoms with Gasteiger partial charge in [0.2, 0.25) is 10.0 Å². The van der Waals surface area contributed by atoms with Crippen molar-refractivity contribution in [3.05, 3.63) is 23.2 Å². The summed E-state index contributed by atoms with van der Waals surface area (Å²) in [6, 6.07) is 3.99. The first-order valence-corrected chi connectivity index (χ1v) is 5.24. The number of sulfonamides is 1. The van der Waals surface area contributed by atoms with E-state index < -0.39 is 10.0 Å². The second-order valence-corrected chi connectivity index (χ2v) is 4.55. The zero-order valence-electron chi connectivity index (χ0n) is 5.82. The van der Waals surface area contributed by atoms with Gasteiger partial charge in [-0.25, -0.2) is 13.6 Å². The van der Waals surface area contributed by atoms with E-state index in [1.165, 1.54) is 18.2 Å². The van der Waals surface area contributed by atoms with Crippen LogP contribution in [0.2, 0.25) is 5.02 Å². The molecule has 0 aliphatic carbocycles. The minimum Gasteiger partial charge on any atom is -0.225 e. The van der Waals surface area contributed by atoms with Gasteiger partial charge in [0.25, 0.3) is 0 Å². The molecule has 0 fully saturated rings. The molecule has 1 aromatic rings. The van der Waals surface area contributed by atoms with Gasteiger partial charge in [-0.1, -0.05) is 24.2 Å². The highest BCUT2D eigenvalue weighted by atomic mass is 35.5. The lowest BCUT2D eigenvalue weighted by atomic mass is 10.4. The molecule has 0 heterocycles. The highest BCUT2D eigenvalue weighted by Crippen LogP contribution is 2.22. The van der Waals surface area contributed by atoms with E-state index in [1.54, 1.807) is 0 Å². The molecule has 6 heteroatoms. The van der Waals surface area contributed by atoms with Crippen LogP contribution in [-0.4, -0.2) is 8.42 Å². The first kappa shape index (κ1) is 9.73. The predicted molar refractivity (Wildman–Crippen MR) is 48.7 cm³/mol. The minimum atomic E-state index is -3.67. The molecule has 0 amide bonds. The standard InChI is InChI=1S/C6H5ClNO2S2/c7-5-3-4(12(8,9)10)1-2-6(5)11/h1-3H,(H2,8,9,10). The number of halogens is 1. The molecule has 0 aliphatic heterocycles. The van der Waals surface area contributed by atoms with Gasteiger partial charge in [0, 0.05) is 0 Å². The Bertz CT molecular complexity index is 402. The van der Waals surface area contributed by atoms with Gasteiger partial charge in [-0.2, -0.15) is 0 Å².